The van der Waals surface area contributed by atoms with Crippen molar-refractivity contribution < 1.29 is 33.3 Å². The predicted octanol–water partition coefficient (Wildman–Crippen LogP) is 4.23. The summed E-state index contributed by atoms with van der Waals surface area (Å²) in [6.07, 6.45) is -1.02. The van der Waals surface area contributed by atoms with Crippen LogP contribution in [0.4, 0.5) is 9.18 Å². The van der Waals surface area contributed by atoms with E-state index in [4.69, 9.17) is 14.2 Å². The van der Waals surface area contributed by atoms with Gasteiger partial charge in [0.05, 0.1) is 6.61 Å². The Labute approximate surface area is 195 Å². The smallest absolute Gasteiger partial charge is 0.407 e. The highest BCUT2D eigenvalue weighted by Gasteiger charge is 2.30. The Balaban J connectivity index is 1.29. The molecule has 1 aliphatic heterocycles. The van der Waals surface area contributed by atoms with Crippen molar-refractivity contribution in [1.29, 1.82) is 0 Å². The first-order chi connectivity index (χ1) is 16.5. The fourth-order valence-corrected chi connectivity index (χ4v) is 4.61. The third-order valence-corrected chi connectivity index (χ3v) is 6.11. The highest BCUT2D eigenvalue weighted by Crippen LogP contribution is 2.44. The van der Waals surface area contributed by atoms with E-state index in [1.165, 1.54) is 12.1 Å². The molecule has 0 bridgehead atoms. The molecule has 2 N–H and O–H groups in total. The van der Waals surface area contributed by atoms with Gasteiger partial charge in [0.25, 0.3) is 0 Å². The normalized spacial score (nSPS) is 14.9. The number of benzene rings is 3. The van der Waals surface area contributed by atoms with E-state index in [1.54, 1.807) is 0 Å². The summed E-state index contributed by atoms with van der Waals surface area (Å²) >= 11 is 0. The van der Waals surface area contributed by atoms with E-state index in [2.05, 4.69) is 5.32 Å². The Hall–Kier alpha value is -3.91. The molecule has 5 rings (SSSR count). The minimum absolute atomic E-state index is 0.0107. The number of halogens is 1. The van der Waals surface area contributed by atoms with E-state index >= 15 is 0 Å². The lowest BCUT2D eigenvalue weighted by molar-refractivity contribution is -0.139. The topological polar surface area (TPSA) is 94.1 Å². The Kier molecular flexibility index (Phi) is 5.90. The molecule has 7 nitrogen and oxygen atoms in total. The van der Waals surface area contributed by atoms with Crippen molar-refractivity contribution in [2.75, 3.05) is 13.4 Å². The van der Waals surface area contributed by atoms with Crippen molar-refractivity contribution in [2.45, 2.75) is 25.0 Å². The van der Waals surface area contributed by atoms with Crippen molar-refractivity contribution in [3.05, 3.63) is 88.7 Å². The summed E-state index contributed by atoms with van der Waals surface area (Å²) < 4.78 is 30.1. The lowest BCUT2D eigenvalue weighted by Crippen LogP contribution is -2.43. The molecule has 0 radical (unpaired) electrons. The summed E-state index contributed by atoms with van der Waals surface area (Å²) in [5.74, 6) is -1.56. The minimum atomic E-state index is -1.33. The molecule has 1 amide bonds. The van der Waals surface area contributed by atoms with Gasteiger partial charge < -0.3 is 24.6 Å². The number of carboxylic acid groups (broad SMARTS) is 1. The van der Waals surface area contributed by atoms with Gasteiger partial charge in [-0.1, -0.05) is 48.5 Å². The summed E-state index contributed by atoms with van der Waals surface area (Å²) in [6, 6.07) is 17.0. The molecule has 0 spiro atoms. The second kappa shape index (κ2) is 9.15. The van der Waals surface area contributed by atoms with Crippen molar-refractivity contribution >= 4 is 12.1 Å². The predicted molar refractivity (Wildman–Crippen MR) is 120 cm³/mol. The van der Waals surface area contributed by atoms with Crippen LogP contribution in [-0.2, 0) is 27.3 Å². The molecule has 3 aromatic rings. The van der Waals surface area contributed by atoms with Crippen LogP contribution >= 0.6 is 0 Å². The molecule has 0 saturated heterocycles. The summed E-state index contributed by atoms with van der Waals surface area (Å²) in [5, 5.41) is 12.1. The number of carbonyl (C=O) groups is 2. The van der Waals surface area contributed by atoms with Gasteiger partial charge in [-0.3, -0.25) is 0 Å². The number of amides is 1. The minimum Gasteiger partial charge on any atom is -0.480 e. The molecule has 0 fully saturated rings. The third kappa shape index (κ3) is 4.20. The molecule has 1 unspecified atom stereocenters. The lowest BCUT2D eigenvalue weighted by Gasteiger charge is -2.23. The van der Waals surface area contributed by atoms with Crippen LogP contribution in [0.5, 0.6) is 5.75 Å². The molecule has 1 aliphatic carbocycles. The second-order valence-electron chi connectivity index (χ2n) is 8.23. The van der Waals surface area contributed by atoms with Gasteiger partial charge in [0.1, 0.15) is 24.2 Å². The molecule has 34 heavy (non-hydrogen) atoms. The van der Waals surface area contributed by atoms with Gasteiger partial charge in [-0.2, -0.15) is 0 Å². The van der Waals surface area contributed by atoms with Crippen LogP contribution in [0.15, 0.2) is 60.7 Å². The number of nitrogens with one attached hydrogen (secondary N) is 1. The van der Waals surface area contributed by atoms with Gasteiger partial charge in [-0.15, -0.1) is 0 Å². The van der Waals surface area contributed by atoms with E-state index in [0.717, 1.165) is 22.3 Å². The number of fused-ring (bicyclic) bond motifs is 4. The van der Waals surface area contributed by atoms with Gasteiger partial charge in [0.2, 0.25) is 0 Å². The molecule has 174 valence electrons. The molecule has 1 heterocycles. The summed E-state index contributed by atoms with van der Waals surface area (Å²) in [5.41, 5.74) is 5.12. The molecule has 2 aliphatic rings. The molecule has 0 aromatic heterocycles. The quantitative estimate of drug-likeness (QED) is 0.568. The number of hydrogen-bond acceptors (Lipinski definition) is 5. The molecule has 1 atom stereocenters. The van der Waals surface area contributed by atoms with Crippen molar-refractivity contribution in [1.82, 2.24) is 5.32 Å². The standard InChI is InChI=1S/C26H22FNO6/c27-17-9-15(24-16(10-17)12-32-14-34-24)11-23(25(29)30)28-26(31)33-13-22-20-7-3-1-5-18(20)19-6-2-4-8-21(19)22/h1-10,22-23H,11-14H2,(H,28,31)(H,29,30). The zero-order valence-electron chi connectivity index (χ0n) is 18.1. The van der Waals surface area contributed by atoms with Crippen LogP contribution in [-0.4, -0.2) is 36.6 Å². The maximum atomic E-state index is 14.0. The Morgan fingerprint density at radius 1 is 1.09 bits per heavy atom. The van der Waals surface area contributed by atoms with Crippen molar-refractivity contribution in [3.8, 4) is 16.9 Å². The van der Waals surface area contributed by atoms with Crippen molar-refractivity contribution in [3.63, 3.8) is 0 Å². The zero-order chi connectivity index (χ0) is 23.7. The number of ether oxygens (including phenoxy) is 3. The van der Waals surface area contributed by atoms with Crippen LogP contribution in [0.25, 0.3) is 11.1 Å². The number of hydrogen-bond donors (Lipinski definition) is 2. The monoisotopic (exact) mass is 463 g/mol. The highest BCUT2D eigenvalue weighted by molar-refractivity contribution is 5.81. The Bertz CT molecular complexity index is 1210. The average Bonchev–Trinajstić information content (AvgIpc) is 3.16. The van der Waals surface area contributed by atoms with Gasteiger partial charge in [0, 0.05) is 23.5 Å². The number of rotatable bonds is 6. The average molecular weight is 463 g/mol. The van der Waals surface area contributed by atoms with E-state index in [0.29, 0.717) is 16.9 Å². The maximum Gasteiger partial charge on any atom is 0.407 e. The van der Waals surface area contributed by atoms with Crippen LogP contribution < -0.4 is 10.1 Å². The Morgan fingerprint density at radius 3 is 2.44 bits per heavy atom. The van der Waals surface area contributed by atoms with E-state index in [-0.39, 0.29) is 32.3 Å². The molecule has 8 heteroatoms. The van der Waals surface area contributed by atoms with Gasteiger partial charge in [-0.25, -0.2) is 14.0 Å². The first-order valence-electron chi connectivity index (χ1n) is 10.9. The van der Waals surface area contributed by atoms with Gasteiger partial charge >= 0.3 is 12.1 Å². The third-order valence-electron chi connectivity index (χ3n) is 6.11. The molecular weight excluding hydrogens is 441 g/mol. The maximum absolute atomic E-state index is 14.0. The highest BCUT2D eigenvalue weighted by atomic mass is 19.1. The van der Waals surface area contributed by atoms with Crippen LogP contribution in [0.1, 0.15) is 28.2 Å². The molecular formula is C26H22FNO6. The first-order valence-corrected chi connectivity index (χ1v) is 10.9. The van der Waals surface area contributed by atoms with Crippen LogP contribution in [0.3, 0.4) is 0 Å². The SMILES string of the molecule is O=C(NC(Cc1cc(F)cc2c1OCOC2)C(=O)O)OCC1c2ccccc2-c2ccccc21. The summed E-state index contributed by atoms with van der Waals surface area (Å²) in [7, 11) is 0. The largest absolute Gasteiger partial charge is 0.480 e. The summed E-state index contributed by atoms with van der Waals surface area (Å²) in [4.78, 5) is 24.4. The van der Waals surface area contributed by atoms with Gasteiger partial charge in [-0.05, 0) is 34.4 Å². The fraction of sp³-hybridized carbons (Fsp3) is 0.231. The number of carboxylic acids is 1. The lowest BCUT2D eigenvalue weighted by atomic mass is 9.98. The Morgan fingerprint density at radius 2 is 1.76 bits per heavy atom. The van der Waals surface area contributed by atoms with E-state index in [1.807, 2.05) is 48.5 Å². The van der Waals surface area contributed by atoms with Crippen LogP contribution in [0, 0.1) is 5.82 Å². The number of alkyl carbamates (subject to hydrolysis) is 1. The van der Waals surface area contributed by atoms with E-state index in [9.17, 15) is 19.1 Å². The second-order valence-corrected chi connectivity index (χ2v) is 8.23. The fourth-order valence-electron chi connectivity index (χ4n) is 4.61. The number of aliphatic carboxylic acids is 1. The summed E-state index contributed by atoms with van der Waals surface area (Å²) in [6.45, 7) is 0.211. The van der Waals surface area contributed by atoms with Crippen molar-refractivity contribution in [2.24, 2.45) is 0 Å². The van der Waals surface area contributed by atoms with E-state index < -0.39 is 23.9 Å². The van der Waals surface area contributed by atoms with Crippen LogP contribution in [0.2, 0.25) is 0 Å². The number of carbonyl (C=O) groups excluding carboxylic acids is 1. The zero-order valence-corrected chi connectivity index (χ0v) is 18.1. The molecule has 3 aromatic carbocycles. The first kappa shape index (κ1) is 21.9. The molecule has 0 saturated carbocycles. The van der Waals surface area contributed by atoms with Gasteiger partial charge in [0.15, 0.2) is 6.79 Å².